The average molecular weight is 386 g/mol. The fourth-order valence-corrected chi connectivity index (χ4v) is 3.55. The van der Waals surface area contributed by atoms with E-state index in [1.807, 2.05) is 0 Å². The minimum Gasteiger partial charge on any atom is -0.449 e. The summed E-state index contributed by atoms with van der Waals surface area (Å²) in [6.45, 7) is 1.49. The second kappa shape index (κ2) is 7.93. The van der Waals surface area contributed by atoms with E-state index < -0.39 is 23.5 Å². The molecule has 1 saturated carbocycles. The first kappa shape index (κ1) is 19.1. The molecule has 0 radical (unpaired) electrons. The second-order valence-corrected chi connectivity index (χ2v) is 7.19. The third-order valence-corrected chi connectivity index (χ3v) is 5.04. The molecule has 1 fully saturated rings. The van der Waals surface area contributed by atoms with Gasteiger partial charge in [-0.25, -0.2) is 9.78 Å². The van der Waals surface area contributed by atoms with Crippen LogP contribution in [-0.4, -0.2) is 28.5 Å². The summed E-state index contributed by atoms with van der Waals surface area (Å²) >= 11 is 6.00. The Kier molecular flexibility index (Phi) is 5.62. The van der Waals surface area contributed by atoms with Crippen LogP contribution in [0.25, 0.3) is 10.9 Å². The quantitative estimate of drug-likeness (QED) is 0.638. The van der Waals surface area contributed by atoms with Crippen molar-refractivity contribution in [2.45, 2.75) is 50.7 Å². The molecule has 1 aliphatic carbocycles. The summed E-state index contributed by atoms with van der Waals surface area (Å²) in [7, 11) is 0. The molecular weight excluding hydrogens is 366 g/mol. The van der Waals surface area contributed by atoms with Crippen molar-refractivity contribution in [2.24, 2.45) is 0 Å². The highest BCUT2D eigenvalue weighted by atomic mass is 35.5. The largest absolute Gasteiger partial charge is 0.449 e. The molecule has 2 aromatic rings. The Balaban J connectivity index is 1.74. The number of nitriles is 1. The number of fused-ring (bicyclic) bond motifs is 1. The molecular formula is C20H20ClN3O3. The zero-order valence-corrected chi connectivity index (χ0v) is 15.8. The van der Waals surface area contributed by atoms with Gasteiger partial charge in [-0.3, -0.25) is 4.79 Å². The van der Waals surface area contributed by atoms with Gasteiger partial charge in [-0.05, 0) is 31.9 Å². The summed E-state index contributed by atoms with van der Waals surface area (Å²) in [5.74, 6) is -1.14. The maximum atomic E-state index is 12.6. The highest BCUT2D eigenvalue weighted by Crippen LogP contribution is 2.28. The van der Waals surface area contributed by atoms with Crippen molar-refractivity contribution < 1.29 is 14.3 Å². The Hall–Kier alpha value is -2.65. The average Bonchev–Trinajstić information content (AvgIpc) is 2.67. The van der Waals surface area contributed by atoms with Crippen molar-refractivity contribution in [2.75, 3.05) is 0 Å². The fraction of sp³-hybridized carbons (Fsp3) is 0.400. The first-order valence-corrected chi connectivity index (χ1v) is 9.31. The molecule has 140 valence electrons. The van der Waals surface area contributed by atoms with E-state index in [0.717, 1.165) is 19.3 Å². The number of rotatable bonds is 4. The third-order valence-electron chi connectivity index (χ3n) is 4.84. The minimum atomic E-state index is -1.03. The normalized spacial score (nSPS) is 16.9. The van der Waals surface area contributed by atoms with Gasteiger partial charge < -0.3 is 10.1 Å². The van der Waals surface area contributed by atoms with Crippen molar-refractivity contribution in [3.05, 3.63) is 41.0 Å². The molecule has 0 spiro atoms. The number of hydrogen-bond donors (Lipinski definition) is 1. The Bertz CT molecular complexity index is 916. The summed E-state index contributed by atoms with van der Waals surface area (Å²) in [5.41, 5.74) is -0.0551. The number of pyridine rings is 1. The molecule has 1 aromatic carbocycles. The molecule has 1 amide bonds. The predicted octanol–water partition coefficient (Wildman–Crippen LogP) is 3.78. The van der Waals surface area contributed by atoms with Crippen LogP contribution < -0.4 is 5.32 Å². The summed E-state index contributed by atoms with van der Waals surface area (Å²) in [4.78, 5) is 29.3. The monoisotopic (exact) mass is 385 g/mol. The van der Waals surface area contributed by atoms with Gasteiger partial charge in [-0.1, -0.05) is 49.1 Å². The van der Waals surface area contributed by atoms with Crippen LogP contribution in [-0.2, 0) is 9.53 Å². The van der Waals surface area contributed by atoms with E-state index in [-0.39, 0.29) is 10.7 Å². The molecule has 0 unspecified atom stereocenters. The number of para-hydroxylation sites is 1. The predicted molar refractivity (Wildman–Crippen MR) is 101 cm³/mol. The Labute approximate surface area is 162 Å². The van der Waals surface area contributed by atoms with Gasteiger partial charge in [0.25, 0.3) is 5.91 Å². The smallest absolute Gasteiger partial charge is 0.339 e. The van der Waals surface area contributed by atoms with E-state index in [4.69, 9.17) is 16.3 Å². The zero-order valence-electron chi connectivity index (χ0n) is 15.0. The number of halogens is 1. The summed E-state index contributed by atoms with van der Waals surface area (Å²) < 4.78 is 5.35. The van der Waals surface area contributed by atoms with Crippen molar-refractivity contribution in [1.29, 1.82) is 5.26 Å². The van der Waals surface area contributed by atoms with E-state index in [2.05, 4.69) is 16.4 Å². The lowest BCUT2D eigenvalue weighted by molar-refractivity contribution is -0.130. The SMILES string of the molecule is C[C@@H](OC(=O)c1cc(Cl)nc2ccccc12)C(=O)NC1(C#N)CCCCC1. The number of carbonyl (C=O) groups excluding carboxylic acids is 2. The van der Waals surface area contributed by atoms with Crippen molar-refractivity contribution in [3.63, 3.8) is 0 Å². The summed E-state index contributed by atoms with van der Waals surface area (Å²) in [6, 6.07) is 10.7. The molecule has 0 saturated heterocycles. The maximum Gasteiger partial charge on any atom is 0.339 e. The number of amides is 1. The van der Waals surface area contributed by atoms with Gasteiger partial charge in [0.2, 0.25) is 0 Å². The molecule has 7 heteroatoms. The topological polar surface area (TPSA) is 92.1 Å². The molecule has 1 N–H and O–H groups in total. The number of esters is 1. The van der Waals surface area contributed by atoms with Crippen LogP contribution in [0, 0.1) is 11.3 Å². The van der Waals surface area contributed by atoms with E-state index in [0.29, 0.717) is 23.7 Å². The molecule has 1 heterocycles. The Morgan fingerprint density at radius 2 is 2.00 bits per heavy atom. The number of carbonyl (C=O) groups is 2. The molecule has 1 atom stereocenters. The van der Waals surface area contributed by atoms with Crippen LogP contribution in [0.3, 0.4) is 0 Å². The summed E-state index contributed by atoms with van der Waals surface area (Å²) in [6.07, 6.45) is 3.03. The first-order valence-electron chi connectivity index (χ1n) is 8.94. The molecule has 1 aromatic heterocycles. The lowest BCUT2D eigenvalue weighted by atomic mass is 9.83. The van der Waals surface area contributed by atoms with Gasteiger partial charge in [0, 0.05) is 5.39 Å². The van der Waals surface area contributed by atoms with E-state index in [1.165, 1.54) is 13.0 Å². The fourth-order valence-electron chi connectivity index (χ4n) is 3.35. The van der Waals surface area contributed by atoms with Crippen molar-refractivity contribution in [3.8, 4) is 6.07 Å². The van der Waals surface area contributed by atoms with Crippen molar-refractivity contribution >= 4 is 34.4 Å². The van der Waals surface area contributed by atoms with Crippen LogP contribution in [0.1, 0.15) is 49.4 Å². The molecule has 1 aliphatic rings. The lowest BCUT2D eigenvalue weighted by Gasteiger charge is -2.32. The van der Waals surface area contributed by atoms with Gasteiger partial charge in [0.05, 0.1) is 17.1 Å². The first-order chi connectivity index (χ1) is 12.9. The second-order valence-electron chi connectivity index (χ2n) is 6.80. The number of aromatic nitrogens is 1. The maximum absolute atomic E-state index is 12.6. The zero-order chi connectivity index (χ0) is 19.4. The number of nitrogens with one attached hydrogen (secondary N) is 1. The molecule has 27 heavy (non-hydrogen) atoms. The Morgan fingerprint density at radius 1 is 1.30 bits per heavy atom. The minimum absolute atomic E-state index is 0.170. The third kappa shape index (κ3) is 4.20. The van der Waals surface area contributed by atoms with Crippen LogP contribution in [0.15, 0.2) is 30.3 Å². The molecule has 0 bridgehead atoms. The van der Waals surface area contributed by atoms with Gasteiger partial charge >= 0.3 is 5.97 Å². The number of benzene rings is 1. The van der Waals surface area contributed by atoms with Gasteiger partial charge in [-0.15, -0.1) is 0 Å². The van der Waals surface area contributed by atoms with E-state index in [1.54, 1.807) is 24.3 Å². The van der Waals surface area contributed by atoms with Crippen molar-refractivity contribution in [1.82, 2.24) is 10.3 Å². The van der Waals surface area contributed by atoms with Crippen LogP contribution in [0.2, 0.25) is 5.15 Å². The molecule has 6 nitrogen and oxygen atoms in total. The lowest BCUT2D eigenvalue weighted by Crippen LogP contribution is -2.52. The molecule has 0 aliphatic heterocycles. The van der Waals surface area contributed by atoms with Crippen LogP contribution in [0.4, 0.5) is 0 Å². The van der Waals surface area contributed by atoms with Crippen LogP contribution >= 0.6 is 11.6 Å². The van der Waals surface area contributed by atoms with Gasteiger partial charge in [0.1, 0.15) is 10.7 Å². The van der Waals surface area contributed by atoms with Gasteiger partial charge in [0.15, 0.2) is 6.10 Å². The highest BCUT2D eigenvalue weighted by molar-refractivity contribution is 6.30. The number of nitrogens with zero attached hydrogens (tertiary/aromatic N) is 2. The standard InChI is InChI=1S/C20H20ClN3O3/c1-13(18(25)24-20(12-22)9-5-2-6-10-20)27-19(26)15-11-17(21)23-16-8-4-3-7-14(15)16/h3-4,7-8,11,13H,2,5-6,9-10H2,1H3,(H,24,25)/t13-/m1/s1. The van der Waals surface area contributed by atoms with E-state index >= 15 is 0 Å². The van der Waals surface area contributed by atoms with E-state index in [9.17, 15) is 14.9 Å². The summed E-state index contributed by atoms with van der Waals surface area (Å²) in [5, 5.41) is 13.0. The highest BCUT2D eigenvalue weighted by Gasteiger charge is 2.35. The Morgan fingerprint density at radius 3 is 2.70 bits per heavy atom. The number of ether oxygens (including phenoxy) is 1. The number of hydrogen-bond acceptors (Lipinski definition) is 5. The van der Waals surface area contributed by atoms with Gasteiger partial charge in [-0.2, -0.15) is 5.26 Å². The molecule has 3 rings (SSSR count). The van der Waals surface area contributed by atoms with Crippen LogP contribution in [0.5, 0.6) is 0 Å².